The van der Waals surface area contributed by atoms with Gasteiger partial charge in [-0.15, -0.1) is 0 Å². The molecular formula is C12H20BrN3O. The maximum Gasteiger partial charge on any atom is 0.133 e. The van der Waals surface area contributed by atoms with Crippen molar-refractivity contribution in [1.82, 2.24) is 14.7 Å². The smallest absolute Gasteiger partial charge is 0.133 e. The summed E-state index contributed by atoms with van der Waals surface area (Å²) in [7, 11) is 4.08. The maximum atomic E-state index is 11.3. The lowest BCUT2D eigenvalue weighted by atomic mass is 10.1. The molecule has 0 unspecified atom stereocenters. The van der Waals surface area contributed by atoms with Gasteiger partial charge in [-0.1, -0.05) is 6.92 Å². The molecule has 1 aromatic heterocycles. The molecule has 4 nitrogen and oxygen atoms in total. The highest BCUT2D eigenvalue weighted by molar-refractivity contribution is 9.10. The van der Waals surface area contributed by atoms with E-state index in [1.165, 1.54) is 0 Å². The second kappa shape index (κ2) is 6.91. The van der Waals surface area contributed by atoms with Gasteiger partial charge in [0.15, 0.2) is 0 Å². The van der Waals surface area contributed by atoms with Gasteiger partial charge in [0.05, 0.1) is 22.9 Å². The number of hydrogen-bond acceptors (Lipinski definition) is 3. The van der Waals surface area contributed by atoms with Crippen LogP contribution in [0.4, 0.5) is 0 Å². The number of ketones is 1. The Labute approximate surface area is 111 Å². The largest absolute Gasteiger partial charge is 0.308 e. The van der Waals surface area contributed by atoms with Crippen molar-refractivity contribution in [1.29, 1.82) is 0 Å². The fourth-order valence-corrected chi connectivity index (χ4v) is 2.05. The molecule has 1 aromatic rings. The average molecular weight is 302 g/mol. The van der Waals surface area contributed by atoms with Gasteiger partial charge in [-0.25, -0.2) is 0 Å². The standard InChI is InChI=1S/C12H20BrN3O/c1-4-10(17)5-6-12-11(13)9-14-16(12)8-7-15(2)3/h9H,4-8H2,1-3H3. The SMILES string of the molecule is CCC(=O)CCc1c(Br)cnn1CCN(C)C. The quantitative estimate of drug-likeness (QED) is 0.774. The Morgan fingerprint density at radius 2 is 2.24 bits per heavy atom. The number of likely N-dealkylation sites (N-methyl/N-ethyl adjacent to an activating group) is 1. The highest BCUT2D eigenvalue weighted by Gasteiger charge is 2.10. The highest BCUT2D eigenvalue weighted by atomic mass is 79.9. The number of carbonyl (C=O) groups is 1. The van der Waals surface area contributed by atoms with Crippen LogP contribution in [-0.2, 0) is 17.8 Å². The zero-order valence-electron chi connectivity index (χ0n) is 10.7. The topological polar surface area (TPSA) is 38.1 Å². The van der Waals surface area contributed by atoms with Gasteiger partial charge in [-0.05, 0) is 36.4 Å². The second-order valence-electron chi connectivity index (χ2n) is 4.36. The summed E-state index contributed by atoms with van der Waals surface area (Å²) in [5.74, 6) is 0.303. The van der Waals surface area contributed by atoms with Crippen LogP contribution in [-0.4, -0.2) is 41.1 Å². The molecule has 96 valence electrons. The second-order valence-corrected chi connectivity index (χ2v) is 5.21. The fourth-order valence-electron chi connectivity index (χ4n) is 1.56. The normalized spacial score (nSPS) is 11.1. The number of carbonyl (C=O) groups excluding carboxylic acids is 1. The Balaban J connectivity index is 2.62. The first-order valence-electron chi connectivity index (χ1n) is 5.91. The van der Waals surface area contributed by atoms with Crippen LogP contribution in [0.3, 0.4) is 0 Å². The average Bonchev–Trinajstić information content (AvgIpc) is 2.64. The van der Waals surface area contributed by atoms with E-state index in [-0.39, 0.29) is 0 Å². The third kappa shape index (κ3) is 4.60. The van der Waals surface area contributed by atoms with Crippen molar-refractivity contribution in [3.05, 3.63) is 16.4 Å². The van der Waals surface area contributed by atoms with E-state index in [1.807, 2.05) is 25.7 Å². The number of Topliss-reactive ketones (excluding diaryl/α,β-unsaturated/α-hetero) is 1. The van der Waals surface area contributed by atoms with Gasteiger partial charge >= 0.3 is 0 Å². The van der Waals surface area contributed by atoms with Crippen molar-refractivity contribution in [2.24, 2.45) is 0 Å². The third-order valence-corrected chi connectivity index (χ3v) is 3.35. The van der Waals surface area contributed by atoms with Crippen molar-refractivity contribution >= 4 is 21.7 Å². The van der Waals surface area contributed by atoms with E-state index >= 15 is 0 Å². The van der Waals surface area contributed by atoms with Gasteiger partial charge < -0.3 is 4.90 Å². The Kier molecular flexibility index (Phi) is 5.85. The number of halogens is 1. The zero-order valence-corrected chi connectivity index (χ0v) is 12.3. The molecule has 0 amide bonds. The van der Waals surface area contributed by atoms with Gasteiger partial charge in [0.25, 0.3) is 0 Å². The van der Waals surface area contributed by atoms with E-state index in [9.17, 15) is 4.79 Å². The summed E-state index contributed by atoms with van der Waals surface area (Å²) in [5.41, 5.74) is 1.12. The lowest BCUT2D eigenvalue weighted by Gasteiger charge is -2.12. The molecule has 0 aliphatic carbocycles. The zero-order chi connectivity index (χ0) is 12.8. The third-order valence-electron chi connectivity index (χ3n) is 2.69. The summed E-state index contributed by atoms with van der Waals surface area (Å²) in [6, 6.07) is 0. The molecule has 5 heteroatoms. The van der Waals surface area contributed by atoms with Crippen molar-refractivity contribution in [2.75, 3.05) is 20.6 Å². The summed E-state index contributed by atoms with van der Waals surface area (Å²) in [5, 5.41) is 4.32. The van der Waals surface area contributed by atoms with Crippen LogP contribution < -0.4 is 0 Å². The molecule has 17 heavy (non-hydrogen) atoms. The molecule has 0 radical (unpaired) electrons. The molecule has 0 atom stereocenters. The molecule has 0 aliphatic heterocycles. The molecule has 0 saturated heterocycles. The lowest BCUT2D eigenvalue weighted by molar-refractivity contribution is -0.118. The minimum absolute atomic E-state index is 0.303. The van der Waals surface area contributed by atoms with Crippen molar-refractivity contribution in [2.45, 2.75) is 32.7 Å². The number of nitrogens with zero attached hydrogens (tertiary/aromatic N) is 3. The predicted octanol–water partition coefficient (Wildman–Crippen LogP) is 2.12. The minimum atomic E-state index is 0.303. The minimum Gasteiger partial charge on any atom is -0.308 e. The van der Waals surface area contributed by atoms with Crippen molar-refractivity contribution in [3.8, 4) is 0 Å². The summed E-state index contributed by atoms with van der Waals surface area (Å²) < 4.78 is 2.98. The lowest BCUT2D eigenvalue weighted by Crippen LogP contribution is -2.20. The van der Waals surface area contributed by atoms with E-state index in [4.69, 9.17) is 0 Å². The maximum absolute atomic E-state index is 11.3. The Hall–Kier alpha value is -0.680. The van der Waals surface area contributed by atoms with Crippen LogP contribution >= 0.6 is 15.9 Å². The van der Waals surface area contributed by atoms with Crippen LogP contribution in [0.5, 0.6) is 0 Å². The molecule has 0 saturated carbocycles. The van der Waals surface area contributed by atoms with Crippen LogP contribution in [0.1, 0.15) is 25.5 Å². The number of rotatable bonds is 7. The number of aromatic nitrogens is 2. The summed E-state index contributed by atoms with van der Waals surface area (Å²) in [4.78, 5) is 13.5. The molecule has 0 fully saturated rings. The predicted molar refractivity (Wildman–Crippen MR) is 72.1 cm³/mol. The first kappa shape index (κ1) is 14.4. The van der Waals surface area contributed by atoms with Gasteiger partial charge in [0.1, 0.15) is 5.78 Å². The fraction of sp³-hybridized carbons (Fsp3) is 0.667. The molecule has 0 aliphatic rings. The van der Waals surface area contributed by atoms with E-state index in [1.54, 1.807) is 6.20 Å². The van der Waals surface area contributed by atoms with Gasteiger partial charge in [0.2, 0.25) is 0 Å². The van der Waals surface area contributed by atoms with Crippen molar-refractivity contribution < 1.29 is 4.79 Å². The Morgan fingerprint density at radius 1 is 1.53 bits per heavy atom. The molecule has 0 spiro atoms. The van der Waals surface area contributed by atoms with Gasteiger partial charge in [-0.2, -0.15) is 5.10 Å². The van der Waals surface area contributed by atoms with Crippen LogP contribution in [0, 0.1) is 0 Å². The molecule has 1 heterocycles. The van der Waals surface area contributed by atoms with Gasteiger partial charge in [-0.3, -0.25) is 9.48 Å². The van der Waals surface area contributed by atoms with Crippen LogP contribution in [0.15, 0.2) is 10.7 Å². The molecule has 1 rings (SSSR count). The van der Waals surface area contributed by atoms with E-state index < -0.39 is 0 Å². The first-order chi connectivity index (χ1) is 8.04. The van der Waals surface area contributed by atoms with Crippen molar-refractivity contribution in [3.63, 3.8) is 0 Å². The molecular weight excluding hydrogens is 282 g/mol. The van der Waals surface area contributed by atoms with E-state index in [2.05, 4.69) is 25.9 Å². The first-order valence-corrected chi connectivity index (χ1v) is 6.70. The van der Waals surface area contributed by atoms with E-state index in [0.717, 1.165) is 29.7 Å². The van der Waals surface area contributed by atoms with Crippen LogP contribution in [0.2, 0.25) is 0 Å². The molecule has 0 aromatic carbocycles. The van der Waals surface area contributed by atoms with Gasteiger partial charge in [0, 0.05) is 19.4 Å². The summed E-state index contributed by atoms with van der Waals surface area (Å²) in [6.07, 6.45) is 3.79. The summed E-state index contributed by atoms with van der Waals surface area (Å²) in [6.45, 7) is 3.71. The Morgan fingerprint density at radius 3 is 2.82 bits per heavy atom. The summed E-state index contributed by atoms with van der Waals surface area (Å²) >= 11 is 3.49. The highest BCUT2D eigenvalue weighted by Crippen LogP contribution is 2.18. The van der Waals surface area contributed by atoms with Crippen LogP contribution in [0.25, 0.3) is 0 Å². The Bertz CT molecular complexity index is 374. The monoisotopic (exact) mass is 301 g/mol. The number of hydrogen-bond donors (Lipinski definition) is 0. The molecule has 0 bridgehead atoms. The van der Waals surface area contributed by atoms with E-state index in [0.29, 0.717) is 18.6 Å². The molecule has 0 N–H and O–H groups in total.